The summed E-state index contributed by atoms with van der Waals surface area (Å²) in [6.45, 7) is 5.31. The van der Waals surface area contributed by atoms with Crippen LogP contribution in [0.5, 0.6) is 0 Å². The van der Waals surface area contributed by atoms with Crippen molar-refractivity contribution in [1.82, 2.24) is 0 Å². The van der Waals surface area contributed by atoms with E-state index in [1.54, 1.807) is 0 Å². The summed E-state index contributed by atoms with van der Waals surface area (Å²) in [7, 11) is 1.35. The number of phosphoric ester groups is 1. The van der Waals surface area contributed by atoms with Crippen LogP contribution in [0.25, 0.3) is 0 Å². The zero-order chi connectivity index (χ0) is 50.5. The molecule has 0 heterocycles. The zero-order valence-corrected chi connectivity index (χ0v) is 46.9. The molecule has 0 amide bonds. The number of likely N-dealkylation sites (N-methyl/N-ethyl adjacent to an activating group) is 1. The summed E-state index contributed by atoms with van der Waals surface area (Å²) in [5.74, 6) is -0.349. The summed E-state index contributed by atoms with van der Waals surface area (Å²) in [6, 6.07) is 0. The van der Waals surface area contributed by atoms with E-state index in [-0.39, 0.29) is 25.8 Å². The second kappa shape index (κ2) is 52.5. The van der Waals surface area contributed by atoms with Gasteiger partial charge in [0.05, 0.1) is 34.4 Å². The highest BCUT2D eigenvalue weighted by molar-refractivity contribution is 7.45. The maximum Gasteiger partial charge on any atom is 0.306 e. The van der Waals surface area contributed by atoms with E-state index in [0.717, 1.165) is 83.5 Å². The Morgan fingerprint density at radius 3 is 1.26 bits per heavy atom. The van der Waals surface area contributed by atoms with Crippen LogP contribution in [0.4, 0.5) is 0 Å². The van der Waals surface area contributed by atoms with Gasteiger partial charge in [-0.2, -0.15) is 0 Å². The van der Waals surface area contributed by atoms with Gasteiger partial charge in [-0.15, -0.1) is 0 Å². The van der Waals surface area contributed by atoms with Gasteiger partial charge in [-0.3, -0.25) is 9.36 Å². The van der Waals surface area contributed by atoms with Gasteiger partial charge in [-0.25, -0.2) is 0 Å². The molecule has 0 N–H and O–H groups in total. The summed E-state index contributed by atoms with van der Waals surface area (Å²) >= 11 is 0. The number of unbranched alkanes of at least 4 members (excludes halogenated alkanes) is 30. The average molecular weight is 991 g/mol. The van der Waals surface area contributed by atoms with Crippen molar-refractivity contribution in [3.63, 3.8) is 0 Å². The van der Waals surface area contributed by atoms with Gasteiger partial charge in [0.25, 0.3) is 7.82 Å². The molecule has 0 radical (unpaired) electrons. The van der Waals surface area contributed by atoms with E-state index in [0.29, 0.717) is 24.1 Å². The van der Waals surface area contributed by atoms with Crippen molar-refractivity contribution < 1.29 is 37.3 Å². The lowest BCUT2D eigenvalue weighted by molar-refractivity contribution is -0.870. The molecule has 0 aromatic rings. The van der Waals surface area contributed by atoms with Crippen LogP contribution in [0.1, 0.15) is 258 Å². The number of carbonyl (C=O) groups is 1. The minimum Gasteiger partial charge on any atom is -0.756 e. The van der Waals surface area contributed by atoms with Crippen LogP contribution in [0.2, 0.25) is 0 Å². The van der Waals surface area contributed by atoms with Crippen LogP contribution in [-0.4, -0.2) is 70.7 Å². The molecule has 0 rings (SSSR count). The Morgan fingerprint density at radius 1 is 0.464 bits per heavy atom. The fraction of sp³-hybridized carbons (Fsp3) is 0.817. The number of esters is 1. The number of hydrogen-bond donors (Lipinski definition) is 0. The molecule has 9 heteroatoms. The summed E-state index contributed by atoms with van der Waals surface area (Å²) in [5, 5.41) is 0. The molecule has 404 valence electrons. The molecule has 69 heavy (non-hydrogen) atoms. The number of hydrogen-bond acceptors (Lipinski definition) is 7. The Balaban J connectivity index is 4.07. The Labute approximate surface area is 428 Å². The molecule has 8 nitrogen and oxygen atoms in total. The first-order valence-electron chi connectivity index (χ1n) is 29.0. The molecule has 0 aromatic heterocycles. The molecule has 0 bridgehead atoms. The third-order valence-electron chi connectivity index (χ3n) is 12.6. The van der Waals surface area contributed by atoms with Crippen molar-refractivity contribution >= 4 is 13.8 Å². The van der Waals surface area contributed by atoms with Crippen molar-refractivity contribution in [1.29, 1.82) is 0 Å². The van der Waals surface area contributed by atoms with E-state index in [9.17, 15) is 14.3 Å². The monoisotopic (exact) mass is 990 g/mol. The number of rotatable bonds is 54. The number of ether oxygens (including phenoxy) is 2. The van der Waals surface area contributed by atoms with Gasteiger partial charge in [0.1, 0.15) is 19.3 Å². The first-order chi connectivity index (χ1) is 33.6. The molecule has 0 saturated heterocycles. The predicted octanol–water partition coefficient (Wildman–Crippen LogP) is 17.8. The minimum atomic E-state index is -4.54. The van der Waals surface area contributed by atoms with Gasteiger partial charge in [0.15, 0.2) is 0 Å². The summed E-state index contributed by atoms with van der Waals surface area (Å²) in [5.41, 5.74) is 0. The zero-order valence-electron chi connectivity index (χ0n) is 46.0. The Bertz CT molecular complexity index is 1290. The lowest BCUT2D eigenvalue weighted by Crippen LogP contribution is -2.37. The van der Waals surface area contributed by atoms with Crippen LogP contribution >= 0.6 is 7.82 Å². The lowest BCUT2D eigenvalue weighted by Gasteiger charge is -2.28. The third kappa shape index (κ3) is 57.0. The highest BCUT2D eigenvalue weighted by Crippen LogP contribution is 2.38. The summed E-state index contributed by atoms with van der Waals surface area (Å²) in [6.07, 6.45) is 68.4. The Hall–Kier alpha value is -1.80. The van der Waals surface area contributed by atoms with E-state index >= 15 is 0 Å². The molecule has 0 fully saturated rings. The van der Waals surface area contributed by atoms with E-state index in [4.69, 9.17) is 18.5 Å². The van der Waals surface area contributed by atoms with Crippen LogP contribution in [-0.2, 0) is 27.9 Å². The molecule has 0 aliphatic carbocycles. The van der Waals surface area contributed by atoms with Crippen molar-refractivity contribution in [2.24, 2.45) is 0 Å². The fourth-order valence-electron chi connectivity index (χ4n) is 8.16. The van der Waals surface area contributed by atoms with Gasteiger partial charge >= 0.3 is 5.97 Å². The van der Waals surface area contributed by atoms with Gasteiger partial charge < -0.3 is 27.9 Å². The Kier molecular flexibility index (Phi) is 51.2. The van der Waals surface area contributed by atoms with Gasteiger partial charge in [0.2, 0.25) is 0 Å². The fourth-order valence-corrected chi connectivity index (χ4v) is 8.89. The minimum absolute atomic E-state index is 0.0210. The highest BCUT2D eigenvalue weighted by atomic mass is 31.2. The molecular formula is C60H112NO7P. The van der Waals surface area contributed by atoms with Crippen molar-refractivity contribution in [3.8, 4) is 0 Å². The number of allylic oxidation sites excluding steroid dienone is 10. The van der Waals surface area contributed by atoms with Gasteiger partial charge in [0, 0.05) is 13.0 Å². The normalized spacial score (nSPS) is 13.9. The van der Waals surface area contributed by atoms with Crippen molar-refractivity contribution in [3.05, 3.63) is 60.8 Å². The van der Waals surface area contributed by atoms with Crippen LogP contribution in [0.15, 0.2) is 60.8 Å². The lowest BCUT2D eigenvalue weighted by atomic mass is 10.0. The van der Waals surface area contributed by atoms with Crippen LogP contribution in [0.3, 0.4) is 0 Å². The smallest absolute Gasteiger partial charge is 0.306 e. The van der Waals surface area contributed by atoms with E-state index in [2.05, 4.69) is 74.6 Å². The van der Waals surface area contributed by atoms with Crippen LogP contribution < -0.4 is 4.89 Å². The van der Waals surface area contributed by atoms with Gasteiger partial charge in [-0.1, -0.05) is 254 Å². The van der Waals surface area contributed by atoms with Crippen molar-refractivity contribution in [2.45, 2.75) is 264 Å². The van der Waals surface area contributed by atoms with Gasteiger partial charge in [-0.05, 0) is 57.8 Å². The number of quaternary nitrogens is 1. The first kappa shape index (κ1) is 67.2. The largest absolute Gasteiger partial charge is 0.756 e. The molecule has 0 saturated carbocycles. The Morgan fingerprint density at radius 2 is 0.841 bits per heavy atom. The molecule has 0 spiro atoms. The molecule has 0 aliphatic heterocycles. The first-order valence-corrected chi connectivity index (χ1v) is 30.5. The quantitative estimate of drug-likeness (QED) is 0.0197. The number of nitrogens with zero attached hydrogens (tertiary/aromatic N) is 1. The second-order valence-electron chi connectivity index (χ2n) is 20.6. The molecular weight excluding hydrogens is 878 g/mol. The number of carbonyl (C=O) groups excluding carboxylic acids is 1. The summed E-state index contributed by atoms with van der Waals surface area (Å²) in [4.78, 5) is 25.2. The number of phosphoric acid groups is 1. The van der Waals surface area contributed by atoms with E-state index in [1.165, 1.54) is 154 Å². The molecule has 2 atom stereocenters. The van der Waals surface area contributed by atoms with Crippen LogP contribution in [0, 0.1) is 0 Å². The molecule has 0 aliphatic rings. The summed E-state index contributed by atoms with van der Waals surface area (Å²) < 4.78 is 34.8. The second-order valence-corrected chi connectivity index (χ2v) is 22.0. The topological polar surface area (TPSA) is 94.1 Å². The molecule has 2 unspecified atom stereocenters. The van der Waals surface area contributed by atoms with Crippen molar-refractivity contribution in [2.75, 3.05) is 54.1 Å². The average Bonchev–Trinajstić information content (AvgIpc) is 3.31. The van der Waals surface area contributed by atoms with E-state index < -0.39 is 13.9 Å². The maximum atomic E-state index is 12.8. The predicted molar refractivity (Wildman–Crippen MR) is 296 cm³/mol. The highest BCUT2D eigenvalue weighted by Gasteiger charge is 2.20. The third-order valence-corrected chi connectivity index (χ3v) is 13.5. The maximum absolute atomic E-state index is 12.8. The standard InChI is InChI=1S/C60H112NO7P/c1-6-8-10-12-14-16-18-20-22-24-26-28-29-30-31-32-34-36-38-40-42-44-46-48-50-52-55-65-57-59(58-67-69(63,64)66-56-54-61(3,4)5)68-60(62)53-51-49-47-45-43-41-39-37-35-33-27-25-23-21-19-17-15-13-11-9-7-2/h9,11,15,17,21,23,27,33,37,39,59H,6-8,10,12-14,16,18-20,22,24-26,28-32,34-36,38,40-58H2,1-5H3/b11-9-,17-15-,23-21-,33-27-,39-37-. The SMILES string of the molecule is CC/C=C\C/C=C\C/C=C\C/C=C\C/C=C\CCCCCCCC(=O)OC(COCCCCCCCCCCCCCCCCCCCCCCCCCCCC)COP(=O)([O-])OCC[N+](C)(C)C. The molecule has 0 aromatic carbocycles. The van der Waals surface area contributed by atoms with E-state index in [1.807, 2.05) is 21.1 Å².